The van der Waals surface area contributed by atoms with Crippen molar-refractivity contribution in [1.82, 2.24) is 15.0 Å². The fourth-order valence-electron chi connectivity index (χ4n) is 3.12. The van der Waals surface area contributed by atoms with Crippen molar-refractivity contribution in [1.29, 1.82) is 0 Å². The number of hydrogen-bond donors (Lipinski definition) is 2. The molecule has 5 heteroatoms. The number of pyridine rings is 1. The van der Waals surface area contributed by atoms with Crippen molar-refractivity contribution < 1.29 is 4.74 Å². The molecule has 0 bridgehead atoms. The van der Waals surface area contributed by atoms with Crippen LogP contribution in [-0.4, -0.2) is 28.2 Å². The molecule has 4 aromatic rings. The van der Waals surface area contributed by atoms with Gasteiger partial charge in [0.1, 0.15) is 5.52 Å². The third-order valence-electron chi connectivity index (χ3n) is 4.34. The lowest BCUT2D eigenvalue weighted by molar-refractivity contribution is 0.166. The number of nitrogens with one attached hydrogen (secondary N) is 1. The molecule has 0 saturated carbocycles. The molecule has 0 atom stereocenters. The summed E-state index contributed by atoms with van der Waals surface area (Å²) in [5, 5.41) is 1.07. The normalized spacial score (nSPS) is 11.7. The molecule has 130 valence electrons. The topological polar surface area (TPSA) is 76.8 Å². The van der Waals surface area contributed by atoms with Crippen LogP contribution in [0.3, 0.4) is 0 Å². The maximum atomic E-state index is 5.99. The average Bonchev–Trinajstić information content (AvgIpc) is 3.16. The van der Waals surface area contributed by atoms with Gasteiger partial charge in [0.05, 0.1) is 30.6 Å². The molecule has 0 amide bonds. The van der Waals surface area contributed by atoms with Crippen LogP contribution < -0.4 is 5.73 Å². The third kappa shape index (κ3) is 3.30. The van der Waals surface area contributed by atoms with Crippen molar-refractivity contribution in [2.45, 2.75) is 6.42 Å². The zero-order valence-corrected chi connectivity index (χ0v) is 14.4. The number of aromatic nitrogens is 3. The molecule has 5 nitrogen and oxygen atoms in total. The number of rotatable bonds is 6. The number of benzene rings is 2. The molecule has 0 saturated heterocycles. The van der Waals surface area contributed by atoms with Gasteiger partial charge in [0.25, 0.3) is 0 Å². The van der Waals surface area contributed by atoms with E-state index in [9.17, 15) is 0 Å². The predicted octanol–water partition coefficient (Wildman–Crippen LogP) is 3.97. The number of nitrogen functional groups attached to an aromatic ring is 1. The Bertz CT molecular complexity index is 1050. The maximum absolute atomic E-state index is 5.99. The Morgan fingerprint density at radius 1 is 1.08 bits per heavy atom. The number of anilines is 1. The van der Waals surface area contributed by atoms with Crippen LogP contribution in [0.25, 0.3) is 28.0 Å². The minimum absolute atomic E-state index is 0.452. The summed E-state index contributed by atoms with van der Waals surface area (Å²) >= 11 is 0. The lowest BCUT2D eigenvalue weighted by atomic mass is 10.0. The molecular formula is C21H20N4O. The standard InChI is InChI=1S/C21H20N4O/c22-21-20-19(23-14-24-20)18-16(9-4-10-17(18)25-21)11-13-26-12-5-8-15-6-2-1-3-7-15/h1-10,14H,11-13H2,(H2,22,25)(H,23,24)/b8-5+. The van der Waals surface area contributed by atoms with Gasteiger partial charge >= 0.3 is 0 Å². The van der Waals surface area contributed by atoms with Crippen LogP contribution in [0.4, 0.5) is 5.82 Å². The molecule has 2 aromatic heterocycles. The maximum Gasteiger partial charge on any atom is 0.152 e. The molecule has 0 aliphatic heterocycles. The molecule has 0 fully saturated rings. The van der Waals surface area contributed by atoms with Gasteiger partial charge in [-0.05, 0) is 23.6 Å². The van der Waals surface area contributed by atoms with Gasteiger partial charge < -0.3 is 15.5 Å². The van der Waals surface area contributed by atoms with Crippen molar-refractivity contribution in [2.24, 2.45) is 0 Å². The van der Waals surface area contributed by atoms with E-state index in [0.29, 0.717) is 19.0 Å². The first kappa shape index (κ1) is 16.3. The van der Waals surface area contributed by atoms with E-state index in [1.807, 2.05) is 36.4 Å². The average molecular weight is 344 g/mol. The second-order valence-electron chi connectivity index (χ2n) is 6.07. The lowest BCUT2D eigenvalue weighted by Gasteiger charge is -2.08. The number of H-pyrrole nitrogens is 1. The number of ether oxygens (including phenoxy) is 1. The number of fused-ring (bicyclic) bond motifs is 3. The van der Waals surface area contributed by atoms with E-state index in [0.717, 1.165) is 28.4 Å². The Hall–Kier alpha value is -3.18. The van der Waals surface area contributed by atoms with E-state index < -0.39 is 0 Å². The van der Waals surface area contributed by atoms with Crippen molar-refractivity contribution in [2.75, 3.05) is 18.9 Å². The van der Waals surface area contributed by atoms with Crippen molar-refractivity contribution in [3.05, 3.63) is 72.1 Å². The number of nitrogens with zero attached hydrogens (tertiary/aromatic N) is 2. The van der Waals surface area contributed by atoms with Gasteiger partial charge in [-0.25, -0.2) is 9.97 Å². The summed E-state index contributed by atoms with van der Waals surface area (Å²) in [5.74, 6) is 0.452. The van der Waals surface area contributed by atoms with Gasteiger partial charge in [-0.15, -0.1) is 0 Å². The fourth-order valence-corrected chi connectivity index (χ4v) is 3.12. The molecule has 0 radical (unpaired) electrons. The number of nitrogens with two attached hydrogens (primary N) is 1. The summed E-state index contributed by atoms with van der Waals surface area (Å²) in [7, 11) is 0. The van der Waals surface area contributed by atoms with E-state index in [2.05, 4.69) is 39.2 Å². The molecule has 0 aliphatic carbocycles. The minimum Gasteiger partial charge on any atom is -0.382 e. The smallest absolute Gasteiger partial charge is 0.152 e. The lowest BCUT2D eigenvalue weighted by Crippen LogP contribution is -2.01. The van der Waals surface area contributed by atoms with Crippen LogP contribution >= 0.6 is 0 Å². The van der Waals surface area contributed by atoms with E-state index >= 15 is 0 Å². The van der Waals surface area contributed by atoms with Gasteiger partial charge in [0, 0.05) is 5.39 Å². The highest BCUT2D eigenvalue weighted by atomic mass is 16.5. The Morgan fingerprint density at radius 3 is 2.85 bits per heavy atom. The quantitative estimate of drug-likeness (QED) is 0.519. The fraction of sp³-hybridized carbons (Fsp3) is 0.143. The summed E-state index contributed by atoms with van der Waals surface area (Å²) in [6.07, 6.45) is 6.56. The predicted molar refractivity (Wildman–Crippen MR) is 106 cm³/mol. The molecular weight excluding hydrogens is 324 g/mol. The largest absolute Gasteiger partial charge is 0.382 e. The van der Waals surface area contributed by atoms with Crippen LogP contribution in [0.1, 0.15) is 11.1 Å². The second kappa shape index (κ2) is 7.37. The third-order valence-corrected chi connectivity index (χ3v) is 4.34. The molecule has 4 rings (SSSR count). The van der Waals surface area contributed by atoms with Gasteiger partial charge in [-0.2, -0.15) is 0 Å². The van der Waals surface area contributed by atoms with Crippen LogP contribution in [0.5, 0.6) is 0 Å². The van der Waals surface area contributed by atoms with E-state index in [-0.39, 0.29) is 0 Å². The zero-order chi connectivity index (χ0) is 17.8. The summed E-state index contributed by atoms with van der Waals surface area (Å²) < 4.78 is 5.77. The second-order valence-corrected chi connectivity index (χ2v) is 6.07. The number of hydrogen-bond acceptors (Lipinski definition) is 4. The number of aromatic amines is 1. The first-order chi connectivity index (χ1) is 12.8. The monoisotopic (exact) mass is 344 g/mol. The van der Waals surface area contributed by atoms with E-state index in [4.69, 9.17) is 10.5 Å². The van der Waals surface area contributed by atoms with E-state index in [1.165, 1.54) is 11.1 Å². The molecule has 0 aliphatic rings. The van der Waals surface area contributed by atoms with Crippen LogP contribution in [0, 0.1) is 0 Å². The molecule has 0 spiro atoms. The van der Waals surface area contributed by atoms with Crippen LogP contribution in [0.2, 0.25) is 0 Å². The molecule has 26 heavy (non-hydrogen) atoms. The number of imidazole rings is 1. The zero-order valence-electron chi connectivity index (χ0n) is 14.4. The van der Waals surface area contributed by atoms with E-state index in [1.54, 1.807) is 6.33 Å². The first-order valence-electron chi connectivity index (χ1n) is 8.62. The summed E-state index contributed by atoms with van der Waals surface area (Å²) in [4.78, 5) is 11.9. The molecule has 3 N–H and O–H groups in total. The Labute approximate surface area is 151 Å². The molecule has 2 heterocycles. The molecule has 0 unspecified atom stereocenters. The van der Waals surface area contributed by atoms with Crippen LogP contribution in [0.15, 0.2) is 60.9 Å². The first-order valence-corrected chi connectivity index (χ1v) is 8.62. The Morgan fingerprint density at radius 2 is 1.96 bits per heavy atom. The van der Waals surface area contributed by atoms with Crippen molar-refractivity contribution in [3.8, 4) is 0 Å². The van der Waals surface area contributed by atoms with Gasteiger partial charge in [0.2, 0.25) is 0 Å². The summed E-state index contributed by atoms with van der Waals surface area (Å²) in [5.41, 5.74) is 10.9. The SMILES string of the molecule is Nc1nc2cccc(CCOC/C=C/c3ccccc3)c2c2[nH]cnc12. The van der Waals surface area contributed by atoms with Crippen LogP contribution in [-0.2, 0) is 11.2 Å². The minimum atomic E-state index is 0.452. The highest BCUT2D eigenvalue weighted by molar-refractivity contribution is 6.07. The highest BCUT2D eigenvalue weighted by Crippen LogP contribution is 2.28. The van der Waals surface area contributed by atoms with Crippen molar-refractivity contribution in [3.63, 3.8) is 0 Å². The van der Waals surface area contributed by atoms with Gasteiger partial charge in [-0.1, -0.05) is 54.6 Å². The Balaban J connectivity index is 1.45. The van der Waals surface area contributed by atoms with Gasteiger partial charge in [0.15, 0.2) is 5.82 Å². The highest BCUT2D eigenvalue weighted by Gasteiger charge is 2.11. The van der Waals surface area contributed by atoms with Gasteiger partial charge in [-0.3, -0.25) is 0 Å². The summed E-state index contributed by atoms with van der Waals surface area (Å²) in [6, 6.07) is 16.3. The molecule has 2 aromatic carbocycles. The Kier molecular flexibility index (Phi) is 4.62. The van der Waals surface area contributed by atoms with Crippen molar-refractivity contribution >= 4 is 33.8 Å². The summed E-state index contributed by atoms with van der Waals surface area (Å²) in [6.45, 7) is 1.22.